The number of alkyl halides is 3. The van der Waals surface area contributed by atoms with E-state index in [1.807, 2.05) is 18.2 Å². The zero-order valence-corrected chi connectivity index (χ0v) is 17.3. The lowest BCUT2D eigenvalue weighted by molar-refractivity contribution is -0.274. The normalized spacial score (nSPS) is 15.7. The van der Waals surface area contributed by atoms with E-state index in [0.717, 1.165) is 31.5 Å². The van der Waals surface area contributed by atoms with Gasteiger partial charge in [-0.25, -0.2) is 4.98 Å². The minimum atomic E-state index is -4.68. The van der Waals surface area contributed by atoms with Crippen LogP contribution in [0.1, 0.15) is 18.4 Å². The van der Waals surface area contributed by atoms with Crippen LogP contribution in [0.2, 0.25) is 0 Å². The first-order valence-electron chi connectivity index (χ1n) is 10.3. The van der Waals surface area contributed by atoms with Gasteiger partial charge < -0.3 is 20.9 Å². The van der Waals surface area contributed by atoms with E-state index in [4.69, 9.17) is 16.2 Å². The molecule has 32 heavy (non-hydrogen) atoms. The standard InChI is InChI=1S/C22H24F3N5O2/c23-22(24,25)32-16-6-4-14(5-7-16)12-30-10-8-15(9-11-30)13-31-18-3-1-2-17-19(18)20(26)29-21(27)28-17/h1-7,15H,8-13H2,(H4,26,27,28,29). The lowest BCUT2D eigenvalue weighted by atomic mass is 9.97. The van der Waals surface area contributed by atoms with Gasteiger partial charge in [-0.05, 0) is 61.7 Å². The number of nitrogens with zero attached hydrogens (tertiary/aromatic N) is 3. The summed E-state index contributed by atoms with van der Waals surface area (Å²) in [5.41, 5.74) is 13.3. The topological polar surface area (TPSA) is 99.5 Å². The molecule has 1 saturated heterocycles. The fourth-order valence-electron chi connectivity index (χ4n) is 3.89. The summed E-state index contributed by atoms with van der Waals surface area (Å²) in [4.78, 5) is 10.5. The third-order valence-corrected chi connectivity index (χ3v) is 5.48. The molecule has 3 aromatic rings. The fourth-order valence-corrected chi connectivity index (χ4v) is 3.89. The molecule has 0 unspecified atom stereocenters. The Hall–Kier alpha value is -3.27. The first kappa shape index (κ1) is 21.9. The maximum atomic E-state index is 12.3. The summed E-state index contributed by atoms with van der Waals surface area (Å²) in [6.07, 6.45) is -2.76. The third-order valence-electron chi connectivity index (χ3n) is 5.48. The molecular weight excluding hydrogens is 423 g/mol. The molecule has 4 rings (SSSR count). The first-order chi connectivity index (χ1) is 15.3. The summed E-state index contributed by atoms with van der Waals surface area (Å²) < 4.78 is 46.8. The van der Waals surface area contributed by atoms with Crippen molar-refractivity contribution in [2.24, 2.45) is 5.92 Å². The molecule has 0 radical (unpaired) electrons. The van der Waals surface area contributed by atoms with Gasteiger partial charge in [-0.3, -0.25) is 4.90 Å². The average Bonchev–Trinajstić information content (AvgIpc) is 2.73. The van der Waals surface area contributed by atoms with Gasteiger partial charge >= 0.3 is 6.36 Å². The number of ether oxygens (including phenoxy) is 2. The van der Waals surface area contributed by atoms with Crippen LogP contribution in [0.4, 0.5) is 24.9 Å². The average molecular weight is 447 g/mol. The highest BCUT2D eigenvalue weighted by molar-refractivity contribution is 5.94. The van der Waals surface area contributed by atoms with Gasteiger partial charge in [0.05, 0.1) is 17.5 Å². The molecule has 2 heterocycles. The van der Waals surface area contributed by atoms with E-state index in [9.17, 15) is 13.2 Å². The Balaban J connectivity index is 1.28. The highest BCUT2D eigenvalue weighted by atomic mass is 19.4. The summed E-state index contributed by atoms with van der Waals surface area (Å²) >= 11 is 0. The van der Waals surface area contributed by atoms with E-state index in [1.54, 1.807) is 12.1 Å². The number of aromatic nitrogens is 2. The predicted octanol–water partition coefficient (Wildman–Crippen LogP) is 3.98. The molecule has 0 bridgehead atoms. The number of anilines is 2. The van der Waals surface area contributed by atoms with Gasteiger partial charge in [0, 0.05) is 6.54 Å². The second kappa shape index (κ2) is 9.07. The van der Waals surface area contributed by atoms with Crippen LogP contribution in [0.3, 0.4) is 0 Å². The number of rotatable bonds is 6. The lowest BCUT2D eigenvalue weighted by Crippen LogP contribution is -2.35. The van der Waals surface area contributed by atoms with Crippen LogP contribution in [0.15, 0.2) is 42.5 Å². The number of nitrogens with two attached hydrogens (primary N) is 2. The van der Waals surface area contributed by atoms with Crippen LogP contribution in [0.5, 0.6) is 11.5 Å². The molecule has 0 aliphatic carbocycles. The second-order valence-corrected chi connectivity index (χ2v) is 7.84. The maximum absolute atomic E-state index is 12.3. The monoisotopic (exact) mass is 447 g/mol. The minimum absolute atomic E-state index is 0.127. The van der Waals surface area contributed by atoms with Crippen molar-refractivity contribution in [2.45, 2.75) is 25.7 Å². The Kier molecular flexibility index (Phi) is 6.22. The summed E-state index contributed by atoms with van der Waals surface area (Å²) in [5.74, 6) is 1.24. The Bertz CT molecular complexity index is 1070. The van der Waals surface area contributed by atoms with Crippen molar-refractivity contribution in [3.63, 3.8) is 0 Å². The molecule has 10 heteroatoms. The Morgan fingerprint density at radius 2 is 1.72 bits per heavy atom. The van der Waals surface area contributed by atoms with Gasteiger partial charge in [0.2, 0.25) is 5.95 Å². The second-order valence-electron chi connectivity index (χ2n) is 7.84. The van der Waals surface area contributed by atoms with E-state index in [-0.39, 0.29) is 11.7 Å². The highest BCUT2D eigenvalue weighted by Crippen LogP contribution is 2.30. The zero-order valence-electron chi connectivity index (χ0n) is 17.3. The molecule has 0 saturated carbocycles. The minimum Gasteiger partial charge on any atom is -0.492 e. The molecule has 0 spiro atoms. The van der Waals surface area contributed by atoms with Gasteiger partial charge in [0.15, 0.2) is 0 Å². The SMILES string of the molecule is Nc1nc(N)c2c(OCC3CCN(Cc4ccc(OC(F)(F)F)cc4)CC3)cccc2n1. The quantitative estimate of drug-likeness (QED) is 0.590. The third kappa shape index (κ3) is 5.50. The molecule has 170 valence electrons. The fraction of sp³-hybridized carbons (Fsp3) is 0.364. The van der Waals surface area contributed by atoms with Crippen molar-refractivity contribution in [3.8, 4) is 11.5 Å². The van der Waals surface area contributed by atoms with Gasteiger partial charge in [0.25, 0.3) is 0 Å². The molecule has 1 aromatic heterocycles. The molecule has 1 aliphatic heterocycles. The van der Waals surface area contributed by atoms with Crippen molar-refractivity contribution in [1.82, 2.24) is 14.9 Å². The zero-order chi connectivity index (χ0) is 22.7. The number of hydrogen-bond donors (Lipinski definition) is 2. The van der Waals surface area contributed by atoms with Crippen molar-refractivity contribution < 1.29 is 22.6 Å². The Morgan fingerprint density at radius 3 is 2.41 bits per heavy atom. The summed E-state index contributed by atoms with van der Waals surface area (Å²) in [5, 5.41) is 0.664. The number of benzene rings is 2. The van der Waals surface area contributed by atoms with Crippen molar-refractivity contribution in [1.29, 1.82) is 0 Å². The number of nitrogen functional groups attached to an aromatic ring is 2. The first-order valence-corrected chi connectivity index (χ1v) is 10.3. The molecule has 0 amide bonds. The summed E-state index contributed by atoms with van der Waals surface area (Å²) in [7, 11) is 0. The Morgan fingerprint density at radius 1 is 1.00 bits per heavy atom. The number of likely N-dealkylation sites (tertiary alicyclic amines) is 1. The van der Waals surface area contributed by atoms with Crippen LogP contribution in [0, 0.1) is 5.92 Å². The molecule has 2 aromatic carbocycles. The van der Waals surface area contributed by atoms with Gasteiger partial charge in [-0.2, -0.15) is 4.98 Å². The van der Waals surface area contributed by atoms with Crippen LogP contribution < -0.4 is 20.9 Å². The molecule has 0 atom stereocenters. The maximum Gasteiger partial charge on any atom is 0.573 e. The van der Waals surface area contributed by atoms with Crippen LogP contribution in [-0.2, 0) is 6.54 Å². The molecule has 1 aliphatic rings. The number of piperidine rings is 1. The number of halogens is 3. The van der Waals surface area contributed by atoms with Gasteiger partial charge in [-0.1, -0.05) is 18.2 Å². The van der Waals surface area contributed by atoms with E-state index in [0.29, 0.717) is 41.5 Å². The highest BCUT2D eigenvalue weighted by Gasteiger charge is 2.31. The summed E-state index contributed by atoms with van der Waals surface area (Å²) in [6, 6.07) is 11.5. The van der Waals surface area contributed by atoms with E-state index in [1.165, 1.54) is 12.1 Å². The van der Waals surface area contributed by atoms with E-state index in [2.05, 4.69) is 19.6 Å². The number of hydrogen-bond acceptors (Lipinski definition) is 7. The predicted molar refractivity (Wildman–Crippen MR) is 115 cm³/mol. The Labute approximate surface area is 183 Å². The summed E-state index contributed by atoms with van der Waals surface area (Å²) in [6.45, 7) is 3.00. The molecule has 1 fully saturated rings. The van der Waals surface area contributed by atoms with Crippen molar-refractivity contribution in [2.75, 3.05) is 31.2 Å². The van der Waals surface area contributed by atoms with E-state index < -0.39 is 6.36 Å². The van der Waals surface area contributed by atoms with Gasteiger partial charge in [0.1, 0.15) is 17.3 Å². The van der Waals surface area contributed by atoms with Crippen LogP contribution in [0.25, 0.3) is 10.9 Å². The number of fused-ring (bicyclic) bond motifs is 1. The smallest absolute Gasteiger partial charge is 0.492 e. The van der Waals surface area contributed by atoms with Gasteiger partial charge in [-0.15, -0.1) is 13.2 Å². The van der Waals surface area contributed by atoms with E-state index >= 15 is 0 Å². The van der Waals surface area contributed by atoms with Crippen LogP contribution in [-0.4, -0.2) is 40.9 Å². The van der Waals surface area contributed by atoms with Crippen molar-refractivity contribution in [3.05, 3.63) is 48.0 Å². The molecular formula is C22H24F3N5O2. The van der Waals surface area contributed by atoms with Crippen LogP contribution >= 0.6 is 0 Å². The molecule has 4 N–H and O–H groups in total. The molecule has 7 nitrogen and oxygen atoms in total. The lowest BCUT2D eigenvalue weighted by Gasteiger charge is -2.32. The largest absolute Gasteiger partial charge is 0.573 e. The van der Waals surface area contributed by atoms with Crippen molar-refractivity contribution >= 4 is 22.7 Å².